The van der Waals surface area contributed by atoms with E-state index in [2.05, 4.69) is 44.8 Å². The van der Waals surface area contributed by atoms with E-state index in [0.717, 1.165) is 25.5 Å². The highest BCUT2D eigenvalue weighted by atomic mass is 32.1. The maximum Gasteiger partial charge on any atom is 0.270 e. The second kappa shape index (κ2) is 8.80. The lowest BCUT2D eigenvalue weighted by Crippen LogP contribution is -2.37. The molecule has 0 spiro atoms. The Labute approximate surface area is 186 Å². The average Bonchev–Trinajstić information content (AvgIpc) is 3.57. The molecule has 1 saturated carbocycles. The van der Waals surface area contributed by atoms with Crippen LogP contribution in [0.2, 0.25) is 0 Å². The summed E-state index contributed by atoms with van der Waals surface area (Å²) in [6, 6.07) is 10.2. The first-order valence-corrected chi connectivity index (χ1v) is 11.7. The van der Waals surface area contributed by atoms with Gasteiger partial charge in [0.1, 0.15) is 11.5 Å². The van der Waals surface area contributed by atoms with Crippen molar-refractivity contribution in [1.82, 2.24) is 15.3 Å². The third-order valence-electron chi connectivity index (χ3n) is 5.83. The van der Waals surface area contributed by atoms with E-state index in [1.807, 2.05) is 18.0 Å². The Hall–Kier alpha value is -2.71. The summed E-state index contributed by atoms with van der Waals surface area (Å²) in [6.07, 6.45) is 2.40. The first-order valence-electron chi connectivity index (χ1n) is 10.8. The maximum absolute atomic E-state index is 12.8. The van der Waals surface area contributed by atoms with Crippen molar-refractivity contribution in [3.8, 4) is 0 Å². The van der Waals surface area contributed by atoms with Crippen LogP contribution >= 0.6 is 11.3 Å². The number of morpholine rings is 1. The Morgan fingerprint density at radius 1 is 1.26 bits per heavy atom. The Balaban J connectivity index is 1.42. The number of nitrogens with zero attached hydrogens (tertiary/aromatic N) is 4. The van der Waals surface area contributed by atoms with E-state index in [0.29, 0.717) is 37.3 Å². The van der Waals surface area contributed by atoms with Gasteiger partial charge in [-0.25, -0.2) is 4.98 Å². The van der Waals surface area contributed by atoms with E-state index >= 15 is 0 Å². The molecule has 162 valence electrons. The van der Waals surface area contributed by atoms with Crippen molar-refractivity contribution in [2.45, 2.75) is 19.4 Å². The summed E-state index contributed by atoms with van der Waals surface area (Å²) in [5.41, 5.74) is 1.66. The van der Waals surface area contributed by atoms with Gasteiger partial charge in [0, 0.05) is 44.0 Å². The number of benzene rings is 1. The molecule has 1 amide bonds. The molecule has 0 radical (unpaired) electrons. The van der Waals surface area contributed by atoms with Gasteiger partial charge in [-0.2, -0.15) is 4.98 Å². The summed E-state index contributed by atoms with van der Waals surface area (Å²) in [5.74, 6) is 1.85. The second-order valence-electron chi connectivity index (χ2n) is 8.28. The van der Waals surface area contributed by atoms with Crippen LogP contribution in [0.3, 0.4) is 0 Å². The topological polar surface area (TPSA) is 70.6 Å². The summed E-state index contributed by atoms with van der Waals surface area (Å²) < 4.78 is 6.76. The lowest BCUT2D eigenvalue weighted by Gasteiger charge is -2.29. The average molecular weight is 438 g/mol. The van der Waals surface area contributed by atoms with Crippen LogP contribution in [0.1, 0.15) is 28.9 Å². The number of nitrogens with one attached hydrogen (secondary N) is 1. The number of amides is 1. The standard InChI is InChI=1S/C23H27N5O2S/c1-27(14-17-15-31-20-5-3-2-4-18(17)20)23-25-19(22(29)24-13-16-6-7-16)12-21(26-23)28-8-10-30-11-9-28/h2-5,12,15-16H,6-11,13-14H2,1H3,(H,24,29). The van der Waals surface area contributed by atoms with E-state index in [1.54, 1.807) is 11.3 Å². The van der Waals surface area contributed by atoms with E-state index in [1.165, 1.54) is 28.5 Å². The number of ether oxygens (including phenoxy) is 1. The van der Waals surface area contributed by atoms with E-state index in [-0.39, 0.29) is 5.91 Å². The largest absolute Gasteiger partial charge is 0.378 e. The van der Waals surface area contributed by atoms with Crippen LogP contribution in [0.15, 0.2) is 35.7 Å². The highest BCUT2D eigenvalue weighted by Gasteiger charge is 2.24. The quantitative estimate of drug-likeness (QED) is 0.612. The van der Waals surface area contributed by atoms with Crippen molar-refractivity contribution in [2.24, 2.45) is 5.92 Å². The minimum atomic E-state index is -0.126. The van der Waals surface area contributed by atoms with Gasteiger partial charge >= 0.3 is 0 Å². The SMILES string of the molecule is CN(Cc1csc2ccccc12)c1nc(C(=O)NCC2CC2)cc(N2CCOCC2)n1. The van der Waals surface area contributed by atoms with Crippen molar-refractivity contribution in [1.29, 1.82) is 0 Å². The maximum atomic E-state index is 12.8. The molecule has 1 N–H and O–H groups in total. The molecule has 31 heavy (non-hydrogen) atoms. The molecule has 3 heterocycles. The van der Waals surface area contributed by atoms with Crippen LogP contribution in [0.4, 0.5) is 11.8 Å². The van der Waals surface area contributed by atoms with Crippen molar-refractivity contribution in [3.05, 3.63) is 47.0 Å². The van der Waals surface area contributed by atoms with Gasteiger partial charge in [-0.15, -0.1) is 11.3 Å². The molecule has 0 bridgehead atoms. The number of carbonyl (C=O) groups is 1. The minimum Gasteiger partial charge on any atom is -0.378 e. The molecule has 2 aliphatic rings. The number of aromatic nitrogens is 2. The van der Waals surface area contributed by atoms with Gasteiger partial charge in [-0.3, -0.25) is 4.79 Å². The van der Waals surface area contributed by atoms with Crippen molar-refractivity contribution >= 4 is 39.1 Å². The normalized spacial score (nSPS) is 16.5. The molecule has 2 fully saturated rings. The first kappa shape index (κ1) is 20.2. The monoisotopic (exact) mass is 437 g/mol. The third kappa shape index (κ3) is 4.65. The van der Waals surface area contributed by atoms with Crippen molar-refractivity contribution in [3.63, 3.8) is 0 Å². The molecule has 2 aromatic heterocycles. The van der Waals surface area contributed by atoms with Gasteiger partial charge in [-0.1, -0.05) is 18.2 Å². The molecule has 3 aromatic rings. The van der Waals surface area contributed by atoms with Crippen LogP contribution < -0.4 is 15.1 Å². The van der Waals surface area contributed by atoms with Gasteiger partial charge in [0.15, 0.2) is 0 Å². The highest BCUT2D eigenvalue weighted by Crippen LogP contribution is 2.29. The summed E-state index contributed by atoms with van der Waals surface area (Å²) >= 11 is 1.75. The summed E-state index contributed by atoms with van der Waals surface area (Å²) in [5, 5.41) is 6.48. The first-order chi connectivity index (χ1) is 15.2. The van der Waals surface area contributed by atoms with E-state index in [9.17, 15) is 4.79 Å². The zero-order chi connectivity index (χ0) is 21.2. The molecule has 5 rings (SSSR count). The lowest BCUT2D eigenvalue weighted by atomic mass is 10.2. The van der Waals surface area contributed by atoms with Crippen LogP contribution in [0.5, 0.6) is 0 Å². The van der Waals surface area contributed by atoms with Crippen molar-refractivity contribution in [2.75, 3.05) is 49.7 Å². The third-order valence-corrected chi connectivity index (χ3v) is 6.84. The summed E-state index contributed by atoms with van der Waals surface area (Å²) in [6.45, 7) is 4.26. The molecule has 7 nitrogen and oxygen atoms in total. The van der Waals surface area contributed by atoms with Crippen LogP contribution in [0, 0.1) is 5.92 Å². The molecular weight excluding hydrogens is 410 g/mol. The molecule has 8 heteroatoms. The zero-order valence-corrected chi connectivity index (χ0v) is 18.5. The van der Waals surface area contributed by atoms with Gasteiger partial charge < -0.3 is 19.9 Å². The Bertz CT molecular complexity index is 1070. The predicted molar refractivity (Wildman–Crippen MR) is 124 cm³/mol. The van der Waals surface area contributed by atoms with E-state index < -0.39 is 0 Å². The number of hydrogen-bond donors (Lipinski definition) is 1. The van der Waals surface area contributed by atoms with Crippen LogP contribution in [0.25, 0.3) is 10.1 Å². The van der Waals surface area contributed by atoms with Gasteiger partial charge in [0.2, 0.25) is 5.95 Å². The van der Waals surface area contributed by atoms with Gasteiger partial charge in [0.05, 0.1) is 13.2 Å². The summed E-state index contributed by atoms with van der Waals surface area (Å²) in [7, 11) is 1.98. The fourth-order valence-corrected chi connectivity index (χ4v) is 4.75. The fourth-order valence-electron chi connectivity index (χ4n) is 3.79. The zero-order valence-electron chi connectivity index (χ0n) is 17.7. The lowest BCUT2D eigenvalue weighted by molar-refractivity contribution is 0.0946. The predicted octanol–water partition coefficient (Wildman–Crippen LogP) is 3.30. The molecule has 1 saturated heterocycles. The molecule has 1 aliphatic carbocycles. The number of carbonyl (C=O) groups excluding carboxylic acids is 1. The van der Waals surface area contributed by atoms with Gasteiger partial charge in [-0.05, 0) is 41.2 Å². The number of fused-ring (bicyclic) bond motifs is 1. The molecule has 0 atom stereocenters. The number of anilines is 2. The Morgan fingerprint density at radius 3 is 2.87 bits per heavy atom. The van der Waals surface area contributed by atoms with Crippen LogP contribution in [-0.2, 0) is 11.3 Å². The number of hydrogen-bond acceptors (Lipinski definition) is 7. The van der Waals surface area contributed by atoms with E-state index in [4.69, 9.17) is 9.72 Å². The summed E-state index contributed by atoms with van der Waals surface area (Å²) in [4.78, 5) is 26.5. The fraction of sp³-hybridized carbons (Fsp3) is 0.435. The number of rotatable bonds is 7. The number of thiophene rings is 1. The molecule has 1 aromatic carbocycles. The highest BCUT2D eigenvalue weighted by molar-refractivity contribution is 7.17. The van der Waals surface area contributed by atoms with Crippen molar-refractivity contribution < 1.29 is 9.53 Å². The molecule has 0 unspecified atom stereocenters. The van der Waals surface area contributed by atoms with Gasteiger partial charge in [0.25, 0.3) is 5.91 Å². The minimum absolute atomic E-state index is 0.126. The smallest absolute Gasteiger partial charge is 0.270 e. The molecular formula is C23H27N5O2S. The Kier molecular flexibility index (Phi) is 5.74. The van der Waals surface area contributed by atoms with Crippen LogP contribution in [-0.4, -0.2) is 55.8 Å². The second-order valence-corrected chi connectivity index (χ2v) is 9.19. The Morgan fingerprint density at radius 2 is 2.06 bits per heavy atom. The molecule has 1 aliphatic heterocycles.